The van der Waals surface area contributed by atoms with Gasteiger partial charge in [0.15, 0.2) is 0 Å². The molecule has 0 bridgehead atoms. The zero-order valence-corrected chi connectivity index (χ0v) is 11.2. The fraction of sp³-hybridized carbons (Fsp3) is 0.500. The number of carbonyl (C=O) groups excluding carboxylic acids is 1. The van der Waals surface area contributed by atoms with Gasteiger partial charge in [0, 0.05) is 6.54 Å². The first-order valence-corrected chi connectivity index (χ1v) is 6.14. The molecule has 4 nitrogen and oxygen atoms in total. The first-order valence-electron chi connectivity index (χ1n) is 6.14. The molecule has 1 amide bonds. The van der Waals surface area contributed by atoms with Crippen LogP contribution in [0.4, 0.5) is 0 Å². The highest BCUT2D eigenvalue weighted by Gasteiger charge is 2.04. The van der Waals surface area contributed by atoms with E-state index >= 15 is 0 Å². The summed E-state index contributed by atoms with van der Waals surface area (Å²) >= 11 is 0. The molecule has 0 heterocycles. The molecule has 0 aliphatic rings. The summed E-state index contributed by atoms with van der Waals surface area (Å²) in [4.78, 5) is 11.4. The summed E-state index contributed by atoms with van der Waals surface area (Å²) in [5.74, 6) is 0.668. The number of aliphatic hydroxyl groups is 1. The third-order valence-corrected chi connectivity index (χ3v) is 2.67. The highest BCUT2D eigenvalue weighted by Crippen LogP contribution is 2.16. The van der Waals surface area contributed by atoms with Crippen molar-refractivity contribution in [1.29, 1.82) is 0 Å². The van der Waals surface area contributed by atoms with Gasteiger partial charge in [-0.05, 0) is 44.0 Å². The van der Waals surface area contributed by atoms with E-state index in [-0.39, 0.29) is 12.5 Å². The molecule has 100 valence electrons. The Balaban J connectivity index is 2.28. The molecule has 4 heteroatoms. The van der Waals surface area contributed by atoms with Crippen LogP contribution >= 0.6 is 0 Å². The molecule has 0 saturated carbocycles. The minimum atomic E-state index is -0.519. The van der Waals surface area contributed by atoms with Gasteiger partial charge in [0.1, 0.15) is 5.75 Å². The Morgan fingerprint density at radius 2 is 2.11 bits per heavy atom. The number of aryl methyl sites for hydroxylation is 2. The zero-order chi connectivity index (χ0) is 13.5. The van der Waals surface area contributed by atoms with Gasteiger partial charge >= 0.3 is 0 Å². The molecule has 1 aromatic rings. The molecule has 0 unspecified atom stereocenters. The molecule has 1 rings (SSSR count). The Labute approximate surface area is 108 Å². The van der Waals surface area contributed by atoms with Gasteiger partial charge < -0.3 is 15.2 Å². The van der Waals surface area contributed by atoms with Crippen LogP contribution in [0.5, 0.6) is 5.75 Å². The maximum absolute atomic E-state index is 11.4. The second-order valence-electron chi connectivity index (χ2n) is 4.50. The summed E-state index contributed by atoms with van der Waals surface area (Å²) in [7, 11) is 0. The zero-order valence-electron chi connectivity index (χ0n) is 11.2. The van der Waals surface area contributed by atoms with Gasteiger partial charge in [-0.2, -0.15) is 0 Å². The van der Waals surface area contributed by atoms with Crippen LogP contribution in [-0.4, -0.2) is 30.3 Å². The number of hydrogen-bond donors (Lipinski definition) is 2. The topological polar surface area (TPSA) is 58.6 Å². The predicted molar refractivity (Wildman–Crippen MR) is 70.7 cm³/mol. The number of hydrogen-bond acceptors (Lipinski definition) is 3. The highest BCUT2D eigenvalue weighted by atomic mass is 16.5. The van der Waals surface area contributed by atoms with E-state index < -0.39 is 6.10 Å². The summed E-state index contributed by atoms with van der Waals surface area (Å²) in [5.41, 5.74) is 2.39. The molecule has 0 fully saturated rings. The Hall–Kier alpha value is -1.55. The maximum atomic E-state index is 11.4. The third-order valence-electron chi connectivity index (χ3n) is 2.67. The number of aliphatic hydroxyl groups excluding tert-OH is 1. The molecular weight excluding hydrogens is 230 g/mol. The quantitative estimate of drug-likeness (QED) is 0.807. The van der Waals surface area contributed by atoms with Crippen molar-refractivity contribution < 1.29 is 14.6 Å². The number of ether oxygens (including phenoxy) is 1. The van der Waals surface area contributed by atoms with Crippen molar-refractivity contribution in [2.45, 2.75) is 33.3 Å². The Morgan fingerprint density at radius 1 is 1.39 bits per heavy atom. The van der Waals surface area contributed by atoms with Gasteiger partial charge in [0.2, 0.25) is 5.91 Å². The smallest absolute Gasteiger partial charge is 0.223 e. The standard InChI is InChI=1S/C14H21NO3/c1-10-4-5-13(8-11(10)2)18-7-6-14(17)15-9-12(3)16/h4-5,8,12,16H,6-7,9H2,1-3H3,(H,15,17)/t12-/m1/s1. The molecule has 0 aliphatic heterocycles. The molecule has 0 aliphatic carbocycles. The first kappa shape index (κ1) is 14.5. The average molecular weight is 251 g/mol. The fourth-order valence-corrected chi connectivity index (χ4v) is 1.42. The minimum absolute atomic E-state index is 0.111. The Kier molecular flexibility index (Phi) is 5.65. The van der Waals surface area contributed by atoms with Gasteiger partial charge in [-0.3, -0.25) is 4.79 Å². The van der Waals surface area contributed by atoms with E-state index in [1.807, 2.05) is 32.0 Å². The van der Waals surface area contributed by atoms with Crippen LogP contribution in [0.15, 0.2) is 18.2 Å². The first-order chi connectivity index (χ1) is 8.49. The van der Waals surface area contributed by atoms with E-state index in [9.17, 15) is 4.79 Å². The number of nitrogens with one attached hydrogen (secondary N) is 1. The van der Waals surface area contributed by atoms with Crippen LogP contribution in [0.25, 0.3) is 0 Å². The third kappa shape index (κ3) is 5.19. The van der Waals surface area contributed by atoms with Crippen molar-refractivity contribution in [2.75, 3.05) is 13.2 Å². The van der Waals surface area contributed by atoms with Crippen molar-refractivity contribution in [2.24, 2.45) is 0 Å². The van der Waals surface area contributed by atoms with Gasteiger partial charge in [0.05, 0.1) is 19.1 Å². The van der Waals surface area contributed by atoms with Gasteiger partial charge in [0.25, 0.3) is 0 Å². The summed E-state index contributed by atoms with van der Waals surface area (Å²) in [6.07, 6.45) is -0.228. The molecular formula is C14H21NO3. The second-order valence-corrected chi connectivity index (χ2v) is 4.50. The van der Waals surface area contributed by atoms with Crippen LogP contribution in [0.2, 0.25) is 0 Å². The number of rotatable bonds is 6. The van der Waals surface area contributed by atoms with Gasteiger partial charge in [-0.25, -0.2) is 0 Å². The highest BCUT2D eigenvalue weighted by molar-refractivity contribution is 5.75. The largest absolute Gasteiger partial charge is 0.493 e. The van der Waals surface area contributed by atoms with Crippen molar-refractivity contribution >= 4 is 5.91 Å². The van der Waals surface area contributed by atoms with Gasteiger partial charge in [-0.1, -0.05) is 6.07 Å². The lowest BCUT2D eigenvalue weighted by Gasteiger charge is -2.09. The Bertz CT molecular complexity index is 402. The normalized spacial score (nSPS) is 12.0. The molecule has 0 aromatic heterocycles. The Morgan fingerprint density at radius 3 is 2.72 bits per heavy atom. The molecule has 0 spiro atoms. The number of benzene rings is 1. The lowest BCUT2D eigenvalue weighted by Crippen LogP contribution is -2.31. The second kappa shape index (κ2) is 7.01. The van der Waals surface area contributed by atoms with Crippen LogP contribution < -0.4 is 10.1 Å². The summed E-state index contributed by atoms with van der Waals surface area (Å²) in [6, 6.07) is 5.86. The van der Waals surface area contributed by atoms with Crippen molar-refractivity contribution in [3.8, 4) is 5.75 Å². The summed E-state index contributed by atoms with van der Waals surface area (Å²) < 4.78 is 5.50. The number of amides is 1. The van der Waals surface area contributed by atoms with Crippen molar-refractivity contribution in [1.82, 2.24) is 5.32 Å². The van der Waals surface area contributed by atoms with Crippen LogP contribution in [0, 0.1) is 13.8 Å². The minimum Gasteiger partial charge on any atom is -0.493 e. The van der Waals surface area contributed by atoms with E-state index in [0.29, 0.717) is 13.0 Å². The number of carbonyl (C=O) groups is 1. The van der Waals surface area contributed by atoms with Gasteiger partial charge in [-0.15, -0.1) is 0 Å². The van der Waals surface area contributed by atoms with E-state index in [2.05, 4.69) is 5.32 Å². The SMILES string of the molecule is Cc1ccc(OCCC(=O)NC[C@@H](C)O)cc1C. The molecule has 1 aromatic carbocycles. The lowest BCUT2D eigenvalue weighted by molar-refractivity contribution is -0.122. The molecule has 18 heavy (non-hydrogen) atoms. The molecule has 1 atom stereocenters. The van der Waals surface area contributed by atoms with E-state index in [0.717, 1.165) is 5.75 Å². The molecule has 2 N–H and O–H groups in total. The van der Waals surface area contributed by atoms with Crippen LogP contribution in [0.3, 0.4) is 0 Å². The molecule has 0 radical (unpaired) electrons. The predicted octanol–water partition coefficient (Wildman–Crippen LogP) is 1.57. The maximum Gasteiger partial charge on any atom is 0.223 e. The van der Waals surface area contributed by atoms with Crippen molar-refractivity contribution in [3.63, 3.8) is 0 Å². The lowest BCUT2D eigenvalue weighted by atomic mass is 10.1. The average Bonchev–Trinajstić information content (AvgIpc) is 2.31. The monoisotopic (exact) mass is 251 g/mol. The summed E-state index contributed by atoms with van der Waals surface area (Å²) in [5, 5.41) is 11.6. The van der Waals surface area contributed by atoms with E-state index in [1.165, 1.54) is 11.1 Å². The van der Waals surface area contributed by atoms with E-state index in [1.54, 1.807) is 6.92 Å². The van der Waals surface area contributed by atoms with Crippen molar-refractivity contribution in [3.05, 3.63) is 29.3 Å². The van der Waals surface area contributed by atoms with Crippen LogP contribution in [-0.2, 0) is 4.79 Å². The summed E-state index contributed by atoms with van der Waals surface area (Å²) in [6.45, 7) is 6.32. The molecule has 0 saturated heterocycles. The van der Waals surface area contributed by atoms with Crippen LogP contribution in [0.1, 0.15) is 24.5 Å². The van der Waals surface area contributed by atoms with E-state index in [4.69, 9.17) is 9.84 Å². The fourth-order valence-electron chi connectivity index (χ4n) is 1.42.